The lowest BCUT2D eigenvalue weighted by Gasteiger charge is -2.13. The Morgan fingerprint density at radius 3 is 2.43 bits per heavy atom. The van der Waals surface area contributed by atoms with Gasteiger partial charge < -0.3 is 4.74 Å². The summed E-state index contributed by atoms with van der Waals surface area (Å²) in [5, 5.41) is 16.2. The monoisotopic (exact) mass is 447 g/mol. The molecule has 144 valence electrons. The van der Waals surface area contributed by atoms with E-state index < -0.39 is 16.6 Å². The molecule has 4 rings (SSSR count). The van der Waals surface area contributed by atoms with Crippen LogP contribution in [-0.2, 0) is 14.4 Å². The second-order valence-corrected chi connectivity index (χ2v) is 7.79. The fourth-order valence-electron chi connectivity index (χ4n) is 4.18. The Morgan fingerprint density at radius 1 is 1.29 bits per heavy atom. The predicted octanol–water partition coefficient (Wildman–Crippen LogP) is 2.42. The summed E-state index contributed by atoms with van der Waals surface area (Å²) < 4.78 is 5.07. The van der Waals surface area contributed by atoms with Crippen molar-refractivity contribution in [1.29, 1.82) is 0 Å². The lowest BCUT2D eigenvalue weighted by atomic mass is 9.85. The number of nitro groups is 1. The molecular weight excluding hydrogens is 434 g/mol. The number of hydrogen-bond donors (Lipinski definition) is 0. The lowest BCUT2D eigenvalue weighted by Crippen LogP contribution is -2.28. The molecule has 2 bridgehead atoms. The van der Waals surface area contributed by atoms with Gasteiger partial charge in [0.15, 0.2) is 0 Å². The number of nitro benzene ring substituents is 1. The zero-order valence-electron chi connectivity index (χ0n) is 14.6. The summed E-state index contributed by atoms with van der Waals surface area (Å²) in [4.78, 5) is 47.0. The summed E-state index contributed by atoms with van der Waals surface area (Å²) in [6, 6.07) is 2.61. The number of imide groups is 1. The molecule has 2 aliphatic carbocycles. The van der Waals surface area contributed by atoms with Crippen LogP contribution in [0.4, 0.5) is 5.69 Å². The van der Waals surface area contributed by atoms with E-state index in [1.54, 1.807) is 0 Å². The minimum Gasteiger partial charge on any atom is -0.418 e. The molecule has 0 radical (unpaired) electrons. The molecule has 2 amide bonds. The number of benzene rings is 1. The van der Waals surface area contributed by atoms with E-state index in [2.05, 4.69) is 21.0 Å². The van der Waals surface area contributed by atoms with E-state index in [4.69, 9.17) is 4.74 Å². The Bertz CT molecular complexity index is 958. The van der Waals surface area contributed by atoms with Gasteiger partial charge in [0.05, 0.1) is 27.4 Å². The fourth-order valence-corrected chi connectivity index (χ4v) is 4.73. The maximum Gasteiger partial charge on any atom is 0.313 e. The Kier molecular flexibility index (Phi) is 4.37. The van der Waals surface area contributed by atoms with E-state index in [-0.39, 0.29) is 51.3 Å². The summed E-state index contributed by atoms with van der Waals surface area (Å²) in [6.45, 7) is 1.13. The van der Waals surface area contributed by atoms with Gasteiger partial charge in [0.2, 0.25) is 5.75 Å². The van der Waals surface area contributed by atoms with Crippen LogP contribution in [0.1, 0.15) is 18.9 Å². The summed E-state index contributed by atoms with van der Waals surface area (Å²) in [5.74, 6) is -2.19. The average Bonchev–Trinajstić information content (AvgIpc) is 3.29. The lowest BCUT2D eigenvalue weighted by molar-refractivity contribution is -0.385. The van der Waals surface area contributed by atoms with Crippen LogP contribution in [0, 0.1) is 33.8 Å². The molecule has 1 aromatic rings. The minimum absolute atomic E-state index is 0.0740. The highest BCUT2D eigenvalue weighted by Gasteiger charge is 2.59. The van der Waals surface area contributed by atoms with E-state index >= 15 is 0 Å². The number of carbonyl (C=O) groups is 3. The maximum absolute atomic E-state index is 12.6. The van der Waals surface area contributed by atoms with Crippen LogP contribution in [0.2, 0.25) is 0 Å². The third-order valence-corrected chi connectivity index (χ3v) is 5.85. The normalized spacial score (nSPS) is 27.7. The Hall–Kier alpha value is -2.88. The number of hydrazone groups is 1. The largest absolute Gasteiger partial charge is 0.418 e. The van der Waals surface area contributed by atoms with Gasteiger partial charge in [-0.2, -0.15) is 10.1 Å². The molecule has 0 N–H and O–H groups in total. The average molecular weight is 448 g/mol. The summed E-state index contributed by atoms with van der Waals surface area (Å²) in [5.41, 5.74) is -0.169. The smallest absolute Gasteiger partial charge is 0.313 e. The van der Waals surface area contributed by atoms with Gasteiger partial charge in [-0.05, 0) is 40.3 Å². The van der Waals surface area contributed by atoms with Gasteiger partial charge >= 0.3 is 11.7 Å². The van der Waals surface area contributed by atoms with Crippen molar-refractivity contribution in [3.05, 3.63) is 44.4 Å². The highest BCUT2D eigenvalue weighted by Crippen LogP contribution is 2.52. The van der Waals surface area contributed by atoms with Gasteiger partial charge in [-0.1, -0.05) is 12.2 Å². The second kappa shape index (κ2) is 6.62. The number of esters is 1. The van der Waals surface area contributed by atoms with Gasteiger partial charge in [-0.25, -0.2) is 0 Å². The van der Waals surface area contributed by atoms with E-state index in [0.29, 0.717) is 0 Å². The second-order valence-electron chi connectivity index (χ2n) is 6.93. The van der Waals surface area contributed by atoms with Gasteiger partial charge in [0, 0.05) is 18.6 Å². The quantitative estimate of drug-likeness (QED) is 0.133. The first-order valence-corrected chi connectivity index (χ1v) is 9.33. The Morgan fingerprint density at radius 2 is 1.89 bits per heavy atom. The van der Waals surface area contributed by atoms with E-state index in [1.807, 2.05) is 12.2 Å². The predicted molar refractivity (Wildman–Crippen MR) is 99.3 cm³/mol. The van der Waals surface area contributed by atoms with E-state index in [9.17, 15) is 24.5 Å². The first-order chi connectivity index (χ1) is 13.3. The highest BCUT2D eigenvalue weighted by molar-refractivity contribution is 9.10. The zero-order chi connectivity index (χ0) is 20.2. The minimum atomic E-state index is -0.701. The highest BCUT2D eigenvalue weighted by atomic mass is 79.9. The number of allylic oxidation sites excluding steroid dienone is 2. The van der Waals surface area contributed by atoms with Crippen molar-refractivity contribution in [3.8, 4) is 5.75 Å². The van der Waals surface area contributed by atoms with Crippen molar-refractivity contribution in [2.75, 3.05) is 0 Å². The number of ether oxygens (including phenoxy) is 1. The van der Waals surface area contributed by atoms with E-state index in [1.165, 1.54) is 12.3 Å². The third-order valence-electron chi connectivity index (χ3n) is 5.26. The molecule has 1 aromatic carbocycles. The summed E-state index contributed by atoms with van der Waals surface area (Å²) in [7, 11) is 0. The number of nitrogens with zero attached hydrogens (tertiary/aromatic N) is 3. The molecule has 0 unspecified atom stereocenters. The topological polar surface area (TPSA) is 119 Å². The van der Waals surface area contributed by atoms with Crippen LogP contribution in [0.25, 0.3) is 0 Å². The van der Waals surface area contributed by atoms with Crippen molar-refractivity contribution in [2.24, 2.45) is 28.8 Å². The first-order valence-electron chi connectivity index (χ1n) is 8.54. The van der Waals surface area contributed by atoms with Crippen LogP contribution in [0.3, 0.4) is 0 Å². The first kappa shape index (κ1) is 18.5. The Labute approximate surface area is 167 Å². The van der Waals surface area contributed by atoms with Gasteiger partial charge in [0.1, 0.15) is 0 Å². The number of carbonyl (C=O) groups excluding carboxylic acids is 3. The van der Waals surface area contributed by atoms with Crippen LogP contribution >= 0.6 is 15.9 Å². The Balaban J connectivity index is 1.62. The molecule has 9 nitrogen and oxygen atoms in total. The third kappa shape index (κ3) is 2.84. The molecule has 4 atom stereocenters. The van der Waals surface area contributed by atoms with Crippen LogP contribution in [0.15, 0.2) is 33.9 Å². The van der Waals surface area contributed by atoms with Gasteiger partial charge in [-0.15, -0.1) is 0 Å². The van der Waals surface area contributed by atoms with Crippen LogP contribution in [0.5, 0.6) is 5.75 Å². The van der Waals surface area contributed by atoms with Crippen molar-refractivity contribution in [2.45, 2.75) is 13.3 Å². The zero-order valence-corrected chi connectivity index (χ0v) is 16.2. The van der Waals surface area contributed by atoms with Crippen molar-refractivity contribution >= 4 is 45.6 Å². The number of rotatable bonds is 4. The molecule has 0 aromatic heterocycles. The van der Waals surface area contributed by atoms with Crippen molar-refractivity contribution < 1.29 is 24.0 Å². The molecule has 10 heteroatoms. The molecule has 1 aliphatic heterocycles. The van der Waals surface area contributed by atoms with E-state index in [0.717, 1.165) is 24.4 Å². The standard InChI is InChI=1S/C18H14BrN3O6/c1-8(23)28-16-12(19)4-9(5-13(16)22(26)27)7-20-21-17(24)14-10-2-3-11(6-10)15(14)18(21)25/h2-5,7,10-11,14-15H,6H2,1H3/t10-,11-,14-,15+/m0/s1. The van der Waals surface area contributed by atoms with Crippen molar-refractivity contribution in [1.82, 2.24) is 5.01 Å². The summed E-state index contributed by atoms with van der Waals surface area (Å²) in [6.07, 6.45) is 6.00. The molecule has 3 aliphatic rings. The number of fused-ring (bicyclic) bond motifs is 5. The number of hydrogen-bond acceptors (Lipinski definition) is 7. The molecule has 1 saturated heterocycles. The van der Waals surface area contributed by atoms with Crippen LogP contribution < -0.4 is 4.74 Å². The molecule has 1 saturated carbocycles. The number of halogens is 1. The fraction of sp³-hybridized carbons (Fsp3) is 0.333. The summed E-state index contributed by atoms with van der Waals surface area (Å²) >= 11 is 3.14. The number of amides is 2. The maximum atomic E-state index is 12.6. The molecule has 2 fully saturated rings. The SMILES string of the molecule is CC(=O)Oc1c(Br)cc(C=NN2C(=O)[C@@H]3[C@H](C2=O)[C@H]2C=C[C@H]3C2)cc1[N+](=O)[O-]. The van der Waals surface area contributed by atoms with Crippen molar-refractivity contribution in [3.63, 3.8) is 0 Å². The molecular formula is C18H14BrN3O6. The van der Waals surface area contributed by atoms with Gasteiger partial charge in [0.25, 0.3) is 11.8 Å². The van der Waals surface area contributed by atoms with Gasteiger partial charge in [-0.3, -0.25) is 24.5 Å². The molecule has 28 heavy (non-hydrogen) atoms. The van der Waals surface area contributed by atoms with Crippen LogP contribution in [-0.4, -0.2) is 33.9 Å². The molecule has 1 heterocycles. The molecule has 0 spiro atoms.